The number of nitrogens with one attached hydrogen (secondary N) is 2. The monoisotopic (exact) mass is 378 g/mol. The van der Waals surface area contributed by atoms with Crippen molar-refractivity contribution < 1.29 is 4.74 Å². The van der Waals surface area contributed by atoms with Gasteiger partial charge >= 0.3 is 0 Å². The highest BCUT2D eigenvalue weighted by Crippen LogP contribution is 2.11. The number of guanidine groups is 1. The Morgan fingerprint density at radius 3 is 2.54 bits per heavy atom. The summed E-state index contributed by atoms with van der Waals surface area (Å²) in [4.78, 5) is 13.0. The molecule has 0 saturated carbocycles. The summed E-state index contributed by atoms with van der Waals surface area (Å²) in [7, 11) is 1.75. The molecule has 0 aliphatic heterocycles. The number of pyridine rings is 1. The van der Waals surface area contributed by atoms with Gasteiger partial charge in [0, 0.05) is 32.2 Å². The molecule has 0 spiro atoms. The van der Waals surface area contributed by atoms with Crippen LogP contribution in [0.2, 0.25) is 0 Å². The van der Waals surface area contributed by atoms with Gasteiger partial charge in [0.2, 0.25) is 0 Å². The summed E-state index contributed by atoms with van der Waals surface area (Å²) in [5.41, 5.74) is 2.29. The first kappa shape index (κ1) is 19.4. The Hall–Kier alpha value is -3.35. The van der Waals surface area contributed by atoms with Gasteiger partial charge in [-0.2, -0.15) is 0 Å². The van der Waals surface area contributed by atoms with Crippen molar-refractivity contribution in [3.05, 3.63) is 71.9 Å². The quantitative estimate of drug-likeness (QED) is 0.375. The van der Waals surface area contributed by atoms with Crippen molar-refractivity contribution in [3.63, 3.8) is 0 Å². The van der Waals surface area contributed by atoms with Gasteiger partial charge in [-0.25, -0.2) is 9.97 Å². The largest absolute Gasteiger partial charge is 0.492 e. The normalized spacial score (nSPS) is 11.3. The number of imidazole rings is 1. The first-order valence-corrected chi connectivity index (χ1v) is 9.25. The molecule has 1 aromatic carbocycles. The molecular formula is C21H26N6O. The van der Waals surface area contributed by atoms with Crippen LogP contribution < -0.4 is 15.4 Å². The van der Waals surface area contributed by atoms with E-state index in [4.69, 9.17) is 4.74 Å². The molecule has 2 heterocycles. The van der Waals surface area contributed by atoms with E-state index < -0.39 is 0 Å². The van der Waals surface area contributed by atoms with Crippen LogP contribution in [-0.2, 0) is 6.54 Å². The topological polar surface area (TPSA) is 76.4 Å². The fourth-order valence-electron chi connectivity index (χ4n) is 2.66. The number of hydrogen-bond acceptors (Lipinski definition) is 4. The van der Waals surface area contributed by atoms with Crippen LogP contribution in [0.15, 0.2) is 60.0 Å². The highest BCUT2D eigenvalue weighted by atomic mass is 16.5. The molecule has 3 aromatic rings. The molecule has 0 radical (unpaired) electrons. The van der Waals surface area contributed by atoms with Crippen molar-refractivity contribution in [1.82, 2.24) is 25.2 Å². The van der Waals surface area contributed by atoms with Crippen LogP contribution in [0, 0.1) is 13.8 Å². The fraction of sp³-hybridized carbons (Fsp3) is 0.286. The minimum absolute atomic E-state index is 0.560. The summed E-state index contributed by atoms with van der Waals surface area (Å²) in [6.45, 7) is 5.86. The lowest BCUT2D eigenvalue weighted by Crippen LogP contribution is -2.38. The molecule has 7 heteroatoms. The molecule has 7 nitrogen and oxygen atoms in total. The molecule has 2 N–H and O–H groups in total. The zero-order valence-corrected chi connectivity index (χ0v) is 16.5. The summed E-state index contributed by atoms with van der Waals surface area (Å²) >= 11 is 0. The number of aliphatic imine (C=N–C) groups is 1. The van der Waals surface area contributed by atoms with Gasteiger partial charge < -0.3 is 15.4 Å². The molecule has 0 unspecified atom stereocenters. The number of nitrogens with zero attached hydrogens (tertiary/aromatic N) is 4. The van der Waals surface area contributed by atoms with Gasteiger partial charge in [-0.3, -0.25) is 9.56 Å². The molecule has 0 aliphatic carbocycles. The van der Waals surface area contributed by atoms with Gasteiger partial charge in [0.15, 0.2) is 5.96 Å². The van der Waals surface area contributed by atoms with Gasteiger partial charge in [0.1, 0.15) is 24.0 Å². The van der Waals surface area contributed by atoms with Crippen molar-refractivity contribution in [2.45, 2.75) is 20.4 Å². The molecule has 28 heavy (non-hydrogen) atoms. The van der Waals surface area contributed by atoms with Crippen LogP contribution in [-0.4, -0.2) is 40.7 Å². The van der Waals surface area contributed by atoms with Gasteiger partial charge in [0.05, 0.1) is 6.54 Å². The number of hydrogen-bond donors (Lipinski definition) is 2. The fourth-order valence-corrected chi connectivity index (χ4v) is 2.66. The highest BCUT2D eigenvalue weighted by Gasteiger charge is 2.03. The average Bonchev–Trinajstić information content (AvgIpc) is 3.15. The summed E-state index contributed by atoms with van der Waals surface area (Å²) in [5.74, 6) is 3.36. The van der Waals surface area contributed by atoms with Gasteiger partial charge in [0.25, 0.3) is 0 Å². The Kier molecular flexibility index (Phi) is 6.62. The molecule has 0 aliphatic rings. The lowest BCUT2D eigenvalue weighted by molar-refractivity contribution is 0.322. The number of benzene rings is 1. The predicted octanol–water partition coefficient (Wildman–Crippen LogP) is 2.63. The van der Waals surface area contributed by atoms with Crippen LogP contribution in [0.5, 0.6) is 5.75 Å². The molecular weight excluding hydrogens is 352 g/mol. The number of rotatable bonds is 7. The predicted molar refractivity (Wildman–Crippen MR) is 111 cm³/mol. The average molecular weight is 378 g/mol. The van der Waals surface area contributed by atoms with E-state index in [0.717, 1.165) is 28.9 Å². The van der Waals surface area contributed by atoms with Crippen molar-refractivity contribution in [2.75, 3.05) is 20.2 Å². The number of ether oxygens (including phenoxy) is 1. The number of aromatic nitrogens is 3. The molecule has 0 amide bonds. The maximum Gasteiger partial charge on any atom is 0.191 e. The summed E-state index contributed by atoms with van der Waals surface area (Å²) in [5, 5.41) is 6.53. The van der Waals surface area contributed by atoms with Crippen molar-refractivity contribution in [2.24, 2.45) is 4.99 Å². The third-order valence-electron chi connectivity index (χ3n) is 4.25. The first-order chi connectivity index (χ1) is 13.7. The molecule has 2 aromatic heterocycles. The summed E-state index contributed by atoms with van der Waals surface area (Å²) in [6, 6.07) is 12.1. The smallest absolute Gasteiger partial charge is 0.191 e. The van der Waals surface area contributed by atoms with Crippen LogP contribution in [0.3, 0.4) is 0 Å². The highest BCUT2D eigenvalue weighted by molar-refractivity contribution is 5.79. The minimum Gasteiger partial charge on any atom is -0.492 e. The second-order valence-corrected chi connectivity index (χ2v) is 6.38. The molecule has 0 saturated heterocycles. The molecule has 3 rings (SSSR count). The van der Waals surface area contributed by atoms with Crippen molar-refractivity contribution in [3.8, 4) is 11.6 Å². The Morgan fingerprint density at radius 1 is 1.07 bits per heavy atom. The lowest BCUT2D eigenvalue weighted by atomic mass is 10.2. The maximum atomic E-state index is 5.71. The Labute approximate surface area is 165 Å². The van der Waals surface area contributed by atoms with E-state index in [-0.39, 0.29) is 0 Å². The van der Waals surface area contributed by atoms with Crippen LogP contribution in [0.4, 0.5) is 0 Å². The SMILES string of the molecule is CN=C(NCCOc1ccc(C)cc1)NCc1ccc(-n2ccnc2C)nc1. The van der Waals surface area contributed by atoms with E-state index in [9.17, 15) is 0 Å². The Bertz CT molecular complexity index is 899. The van der Waals surface area contributed by atoms with Gasteiger partial charge in [-0.15, -0.1) is 0 Å². The van der Waals surface area contributed by atoms with E-state index in [1.807, 2.05) is 60.3 Å². The van der Waals surface area contributed by atoms with Crippen molar-refractivity contribution in [1.29, 1.82) is 0 Å². The molecule has 146 valence electrons. The standard InChI is InChI=1S/C21H26N6O/c1-16-4-7-19(8-5-16)28-13-11-24-21(22-3)26-15-18-6-9-20(25-14-18)27-12-10-23-17(27)2/h4-10,12,14H,11,13,15H2,1-3H3,(H2,22,24,26). The summed E-state index contributed by atoms with van der Waals surface area (Å²) < 4.78 is 7.66. The zero-order chi connectivity index (χ0) is 19.8. The van der Waals surface area contributed by atoms with Crippen molar-refractivity contribution >= 4 is 5.96 Å². The minimum atomic E-state index is 0.560. The molecule has 0 fully saturated rings. The van der Waals surface area contributed by atoms with E-state index in [1.165, 1.54) is 5.56 Å². The third kappa shape index (κ3) is 5.33. The number of aryl methyl sites for hydroxylation is 2. The molecule has 0 atom stereocenters. The molecule has 0 bridgehead atoms. The second-order valence-electron chi connectivity index (χ2n) is 6.38. The van der Waals surface area contributed by atoms with E-state index in [1.54, 1.807) is 13.2 Å². The zero-order valence-electron chi connectivity index (χ0n) is 16.5. The summed E-state index contributed by atoms with van der Waals surface area (Å²) in [6.07, 6.45) is 5.53. The third-order valence-corrected chi connectivity index (χ3v) is 4.25. The second kappa shape index (κ2) is 9.55. The van der Waals surface area contributed by atoms with Gasteiger partial charge in [-0.05, 0) is 37.6 Å². The van der Waals surface area contributed by atoms with Crippen LogP contribution in [0.25, 0.3) is 5.82 Å². The first-order valence-electron chi connectivity index (χ1n) is 9.25. The Morgan fingerprint density at radius 2 is 1.89 bits per heavy atom. The van der Waals surface area contributed by atoms with E-state index in [0.29, 0.717) is 19.7 Å². The maximum absolute atomic E-state index is 5.71. The lowest BCUT2D eigenvalue weighted by Gasteiger charge is -2.13. The van der Waals surface area contributed by atoms with Crippen LogP contribution in [0.1, 0.15) is 17.0 Å². The van der Waals surface area contributed by atoms with Gasteiger partial charge in [-0.1, -0.05) is 23.8 Å². The van der Waals surface area contributed by atoms with E-state index >= 15 is 0 Å². The van der Waals surface area contributed by atoms with Crippen LogP contribution >= 0.6 is 0 Å². The van der Waals surface area contributed by atoms with E-state index in [2.05, 4.69) is 32.5 Å². The Balaban J connectivity index is 1.42.